The van der Waals surface area contributed by atoms with Gasteiger partial charge in [0.25, 0.3) is 0 Å². The average molecular weight is 1130 g/mol. The second-order valence-corrected chi connectivity index (χ2v) is 23.4. The average Bonchev–Trinajstić information content (AvgIpc) is 3.47. The van der Waals surface area contributed by atoms with Crippen molar-refractivity contribution in [2.75, 3.05) is 13.2 Å². The molecule has 0 fully saturated rings. The minimum absolute atomic E-state index is 0.0756. The molecule has 81 heavy (non-hydrogen) atoms. The van der Waals surface area contributed by atoms with Gasteiger partial charge in [0.05, 0.1) is 0 Å². The van der Waals surface area contributed by atoms with Crippen molar-refractivity contribution >= 4 is 17.9 Å². The first-order valence-electron chi connectivity index (χ1n) is 35.1. The summed E-state index contributed by atoms with van der Waals surface area (Å²) in [5.41, 5.74) is 0. The lowest BCUT2D eigenvalue weighted by Gasteiger charge is -2.18. The fraction of sp³-hybridized carbons (Fsp3) is 0.773. The van der Waals surface area contributed by atoms with E-state index in [-0.39, 0.29) is 31.1 Å². The number of esters is 3. The quantitative estimate of drug-likeness (QED) is 0.0261. The van der Waals surface area contributed by atoms with Gasteiger partial charge in [0.1, 0.15) is 13.2 Å². The predicted molar refractivity (Wildman–Crippen MR) is 353 cm³/mol. The molecule has 0 aliphatic heterocycles. The number of hydrogen-bond acceptors (Lipinski definition) is 6. The van der Waals surface area contributed by atoms with Crippen LogP contribution in [0.15, 0.2) is 85.1 Å². The van der Waals surface area contributed by atoms with E-state index < -0.39 is 6.10 Å². The summed E-state index contributed by atoms with van der Waals surface area (Å²) < 4.78 is 17.0. The molecule has 0 N–H and O–H groups in total. The maximum absolute atomic E-state index is 12.9. The van der Waals surface area contributed by atoms with Gasteiger partial charge in [-0.3, -0.25) is 14.4 Å². The van der Waals surface area contributed by atoms with Crippen molar-refractivity contribution in [2.24, 2.45) is 0 Å². The normalized spacial score (nSPS) is 12.6. The first-order chi connectivity index (χ1) is 40.0. The monoisotopic (exact) mass is 1130 g/mol. The Bertz CT molecular complexity index is 1530. The number of allylic oxidation sites excluding steroid dienone is 14. The van der Waals surface area contributed by atoms with Crippen LogP contribution in [0.4, 0.5) is 0 Å². The molecule has 0 aromatic carbocycles. The number of unbranched alkanes of at least 4 members (excludes halogenated alkanes) is 39. The molecule has 0 heterocycles. The largest absolute Gasteiger partial charge is 0.462 e. The number of rotatable bonds is 64. The second-order valence-electron chi connectivity index (χ2n) is 23.4. The van der Waals surface area contributed by atoms with Gasteiger partial charge >= 0.3 is 17.9 Å². The molecule has 0 radical (unpaired) electrons. The molecule has 0 aromatic heterocycles. The molecule has 468 valence electrons. The summed E-state index contributed by atoms with van der Waals surface area (Å²) in [7, 11) is 0. The highest BCUT2D eigenvalue weighted by atomic mass is 16.6. The summed E-state index contributed by atoms with van der Waals surface area (Å²) in [4.78, 5) is 38.4. The molecule has 6 heteroatoms. The summed E-state index contributed by atoms with van der Waals surface area (Å²) in [6.07, 6.45) is 91.8. The van der Waals surface area contributed by atoms with Gasteiger partial charge in [0, 0.05) is 19.3 Å². The first kappa shape index (κ1) is 77.6. The smallest absolute Gasteiger partial charge is 0.306 e. The van der Waals surface area contributed by atoms with Crippen molar-refractivity contribution in [3.8, 4) is 0 Å². The topological polar surface area (TPSA) is 78.9 Å². The van der Waals surface area contributed by atoms with Crippen molar-refractivity contribution in [1.82, 2.24) is 0 Å². The zero-order valence-corrected chi connectivity index (χ0v) is 53.8. The van der Waals surface area contributed by atoms with Crippen LogP contribution in [0.5, 0.6) is 0 Å². The highest BCUT2D eigenvalue weighted by Crippen LogP contribution is 2.18. The van der Waals surface area contributed by atoms with E-state index in [1.54, 1.807) is 0 Å². The van der Waals surface area contributed by atoms with Crippen LogP contribution in [0, 0.1) is 0 Å². The van der Waals surface area contributed by atoms with E-state index in [9.17, 15) is 14.4 Å². The van der Waals surface area contributed by atoms with Crippen molar-refractivity contribution in [2.45, 2.75) is 361 Å². The molecular weight excluding hydrogens is 997 g/mol. The van der Waals surface area contributed by atoms with Gasteiger partial charge < -0.3 is 14.2 Å². The Hall–Kier alpha value is -3.41. The van der Waals surface area contributed by atoms with Gasteiger partial charge in [-0.05, 0) is 96.3 Å². The van der Waals surface area contributed by atoms with Crippen LogP contribution in [-0.4, -0.2) is 37.2 Å². The maximum atomic E-state index is 12.9. The molecule has 0 rings (SSSR count). The molecule has 1 unspecified atom stereocenters. The van der Waals surface area contributed by atoms with E-state index >= 15 is 0 Å². The van der Waals surface area contributed by atoms with Crippen molar-refractivity contribution in [3.05, 3.63) is 85.1 Å². The third-order valence-electron chi connectivity index (χ3n) is 15.4. The Kier molecular flexibility index (Phi) is 66.2. The Labute approximate surface area is 503 Å². The summed E-state index contributed by atoms with van der Waals surface area (Å²) in [6, 6.07) is 0. The summed E-state index contributed by atoms with van der Waals surface area (Å²) in [5, 5.41) is 0. The highest BCUT2D eigenvalue weighted by molar-refractivity contribution is 5.71. The summed E-state index contributed by atoms with van der Waals surface area (Å²) in [6.45, 7) is 6.56. The van der Waals surface area contributed by atoms with Crippen LogP contribution < -0.4 is 0 Å². The number of hydrogen-bond donors (Lipinski definition) is 0. The van der Waals surface area contributed by atoms with Crippen LogP contribution in [0.1, 0.15) is 355 Å². The number of ether oxygens (including phenoxy) is 3. The van der Waals surface area contributed by atoms with Crippen LogP contribution >= 0.6 is 0 Å². The minimum Gasteiger partial charge on any atom is -0.462 e. The third-order valence-corrected chi connectivity index (χ3v) is 15.4. The fourth-order valence-corrected chi connectivity index (χ4v) is 10.2. The van der Waals surface area contributed by atoms with Crippen molar-refractivity contribution in [3.63, 3.8) is 0 Å². The Balaban J connectivity index is 4.24. The van der Waals surface area contributed by atoms with E-state index in [1.807, 2.05) is 0 Å². The lowest BCUT2D eigenvalue weighted by Crippen LogP contribution is -2.30. The standard InChI is InChI=1S/C75H132O6/c1-4-7-10-13-16-19-22-25-28-30-32-33-34-35-36-37-38-39-40-41-42-43-44-46-47-50-53-56-59-62-65-68-74(77)80-71-72(70-79-73(76)67-64-61-58-55-52-49-27-24-21-18-15-12-9-6-3)81-75(78)69-66-63-60-57-54-51-48-45-31-29-26-23-20-17-14-11-8-5-2/h7,10,16,19,24-25,27-28,32-33,35-36,38-39,72H,4-6,8-9,11-15,17-18,20-23,26,29-31,34,37,40-71H2,1-3H3/b10-7-,19-16-,27-24-,28-25-,33-32-,36-35-,39-38-. The van der Waals surface area contributed by atoms with E-state index in [0.717, 1.165) is 103 Å². The van der Waals surface area contributed by atoms with Crippen molar-refractivity contribution in [1.29, 1.82) is 0 Å². The van der Waals surface area contributed by atoms with Gasteiger partial charge in [0.15, 0.2) is 6.10 Å². The van der Waals surface area contributed by atoms with E-state index in [1.165, 1.54) is 212 Å². The third kappa shape index (κ3) is 67.3. The molecule has 0 aliphatic carbocycles. The Morgan fingerprint density at radius 2 is 0.481 bits per heavy atom. The molecule has 0 bridgehead atoms. The second kappa shape index (κ2) is 69.1. The molecule has 0 saturated heterocycles. The van der Waals surface area contributed by atoms with Gasteiger partial charge in [-0.15, -0.1) is 0 Å². The van der Waals surface area contributed by atoms with Gasteiger partial charge in [-0.25, -0.2) is 0 Å². The first-order valence-corrected chi connectivity index (χ1v) is 35.1. The van der Waals surface area contributed by atoms with Crippen LogP contribution in [0.2, 0.25) is 0 Å². The zero-order valence-electron chi connectivity index (χ0n) is 53.8. The fourth-order valence-electron chi connectivity index (χ4n) is 10.2. The zero-order chi connectivity index (χ0) is 58.5. The number of carbonyl (C=O) groups is 3. The van der Waals surface area contributed by atoms with Crippen LogP contribution in [0.25, 0.3) is 0 Å². The predicted octanol–water partition coefficient (Wildman–Crippen LogP) is 24.2. The Morgan fingerprint density at radius 1 is 0.259 bits per heavy atom. The van der Waals surface area contributed by atoms with E-state index in [4.69, 9.17) is 14.2 Å². The molecule has 0 spiro atoms. The lowest BCUT2D eigenvalue weighted by molar-refractivity contribution is -0.167. The minimum atomic E-state index is -0.779. The maximum Gasteiger partial charge on any atom is 0.306 e. The van der Waals surface area contributed by atoms with Gasteiger partial charge in [0.2, 0.25) is 0 Å². The van der Waals surface area contributed by atoms with Gasteiger partial charge in [-0.2, -0.15) is 0 Å². The summed E-state index contributed by atoms with van der Waals surface area (Å²) in [5.74, 6) is -0.865. The summed E-state index contributed by atoms with van der Waals surface area (Å²) >= 11 is 0. The van der Waals surface area contributed by atoms with E-state index in [0.29, 0.717) is 19.3 Å². The molecule has 1 atom stereocenters. The SMILES string of the molecule is CC/C=C\C/C=C\C/C=C\C/C=C\C/C=C\C/C=C\CCCCCCCCCCCCCCC(=O)OCC(COC(=O)CCCCCCC/C=C\CCCCCCC)OC(=O)CCCCCCCCCCCCCCCCCCCC. The van der Waals surface area contributed by atoms with Crippen LogP contribution in [-0.2, 0) is 28.6 Å². The highest BCUT2D eigenvalue weighted by Gasteiger charge is 2.19. The van der Waals surface area contributed by atoms with E-state index in [2.05, 4.69) is 106 Å². The molecular formula is C75H132O6. The molecule has 0 aliphatic rings. The molecule has 6 nitrogen and oxygen atoms in total. The Morgan fingerprint density at radius 3 is 0.765 bits per heavy atom. The van der Waals surface area contributed by atoms with Gasteiger partial charge in [-0.1, -0.05) is 324 Å². The molecule has 0 saturated carbocycles. The van der Waals surface area contributed by atoms with Crippen LogP contribution in [0.3, 0.4) is 0 Å². The molecule has 0 aromatic rings. The number of carbonyl (C=O) groups excluding carboxylic acids is 3. The lowest BCUT2D eigenvalue weighted by atomic mass is 10.0. The van der Waals surface area contributed by atoms with Crippen molar-refractivity contribution < 1.29 is 28.6 Å². The molecule has 0 amide bonds.